The van der Waals surface area contributed by atoms with E-state index < -0.39 is 52.5 Å². The molecule has 7 rings (SSSR count). The first-order chi connectivity index (χ1) is 20.1. The van der Waals surface area contributed by atoms with Gasteiger partial charge in [0.25, 0.3) is 0 Å². The average Bonchev–Trinajstić information content (AvgIpc) is 3.35. The van der Waals surface area contributed by atoms with Gasteiger partial charge < -0.3 is 5.11 Å². The summed E-state index contributed by atoms with van der Waals surface area (Å²) in [5, 5.41) is 10.4. The van der Waals surface area contributed by atoms with E-state index in [-0.39, 0.29) is 30.6 Å². The average molecular weight is 585 g/mol. The number of imide groups is 2. The minimum Gasteiger partial charge on any atom is -0.505 e. The zero-order valence-electron chi connectivity index (χ0n) is 22.5. The largest absolute Gasteiger partial charge is 0.505 e. The molecule has 42 heavy (non-hydrogen) atoms. The summed E-state index contributed by atoms with van der Waals surface area (Å²) in [5.74, 6) is -6.30. The Morgan fingerprint density at radius 2 is 1.55 bits per heavy atom. The number of aromatic hydroxyl groups is 1. The van der Waals surface area contributed by atoms with Crippen LogP contribution in [0.2, 0.25) is 5.02 Å². The van der Waals surface area contributed by atoms with Crippen molar-refractivity contribution in [3.63, 3.8) is 0 Å². The molecule has 6 atom stereocenters. The summed E-state index contributed by atoms with van der Waals surface area (Å²) in [5.41, 5.74) is 0.748. The van der Waals surface area contributed by atoms with Crippen molar-refractivity contribution in [3.8, 4) is 5.75 Å². The number of phenolic OH excluding ortho intramolecular Hbond substituents is 1. The zero-order valence-corrected chi connectivity index (χ0v) is 23.3. The smallest absolute Gasteiger partial charge is 0.241 e. The second-order valence-electron chi connectivity index (χ2n) is 11.7. The predicted molar refractivity (Wildman–Crippen MR) is 153 cm³/mol. The lowest BCUT2D eigenvalue weighted by Gasteiger charge is -2.49. The minimum atomic E-state index is -1.28. The van der Waals surface area contributed by atoms with Gasteiger partial charge in [-0.25, -0.2) is 9.29 Å². The van der Waals surface area contributed by atoms with Crippen LogP contribution in [0.4, 0.5) is 15.8 Å². The fraction of sp³-hybridized carbons (Fsp3) is 0.273. The molecule has 0 bridgehead atoms. The van der Waals surface area contributed by atoms with Crippen molar-refractivity contribution in [2.75, 3.05) is 9.80 Å². The maximum absolute atomic E-state index is 14.8. The Kier molecular flexibility index (Phi) is 5.92. The number of halogens is 2. The van der Waals surface area contributed by atoms with E-state index in [9.17, 15) is 28.7 Å². The number of para-hydroxylation sites is 1. The van der Waals surface area contributed by atoms with Crippen LogP contribution >= 0.6 is 11.6 Å². The van der Waals surface area contributed by atoms with Crippen LogP contribution in [0.3, 0.4) is 0 Å². The lowest BCUT2D eigenvalue weighted by molar-refractivity contribution is -0.131. The fourth-order valence-corrected chi connectivity index (χ4v) is 7.89. The first kappa shape index (κ1) is 26.6. The molecule has 9 heteroatoms. The van der Waals surface area contributed by atoms with Gasteiger partial charge in [0.1, 0.15) is 0 Å². The SMILES string of the molecule is CC12C(=O)N(c3ccccc3)C(=O)C1CC1C(=CCC3C(=O)N(c4ccc(Cl)cc4)C(=O)C31)C2c1ccc(O)c(F)c1. The predicted octanol–water partition coefficient (Wildman–Crippen LogP) is 5.62. The summed E-state index contributed by atoms with van der Waals surface area (Å²) in [6.07, 6.45) is 2.37. The van der Waals surface area contributed by atoms with E-state index in [1.54, 1.807) is 67.6 Å². The zero-order chi connectivity index (χ0) is 29.5. The second kappa shape index (κ2) is 9.36. The molecule has 212 valence electrons. The number of nitrogens with zero attached hydrogens (tertiary/aromatic N) is 2. The molecule has 4 amide bonds. The molecule has 6 unspecified atom stereocenters. The van der Waals surface area contributed by atoms with Gasteiger partial charge in [-0.3, -0.25) is 24.1 Å². The van der Waals surface area contributed by atoms with Crippen molar-refractivity contribution >= 4 is 46.6 Å². The molecule has 2 saturated heterocycles. The van der Waals surface area contributed by atoms with E-state index in [4.69, 9.17) is 11.6 Å². The highest BCUT2D eigenvalue weighted by molar-refractivity contribution is 6.31. The van der Waals surface area contributed by atoms with Crippen molar-refractivity contribution < 1.29 is 28.7 Å². The number of hydrogen-bond acceptors (Lipinski definition) is 5. The van der Waals surface area contributed by atoms with Crippen molar-refractivity contribution in [2.45, 2.75) is 25.7 Å². The summed E-state index contributed by atoms with van der Waals surface area (Å²) in [4.78, 5) is 58.4. The summed E-state index contributed by atoms with van der Waals surface area (Å²) in [6.45, 7) is 1.74. The Morgan fingerprint density at radius 3 is 2.24 bits per heavy atom. The minimum absolute atomic E-state index is 0.196. The highest BCUT2D eigenvalue weighted by atomic mass is 35.5. The number of hydrogen-bond donors (Lipinski definition) is 1. The quantitative estimate of drug-likeness (QED) is 0.318. The van der Waals surface area contributed by atoms with Gasteiger partial charge in [0, 0.05) is 10.9 Å². The van der Waals surface area contributed by atoms with Crippen molar-refractivity contribution in [2.24, 2.45) is 29.1 Å². The maximum atomic E-state index is 14.8. The number of phenols is 1. The number of allylic oxidation sites excluding steroid dienone is 2. The van der Waals surface area contributed by atoms with Crippen molar-refractivity contribution in [1.29, 1.82) is 0 Å². The number of rotatable bonds is 3. The van der Waals surface area contributed by atoms with Crippen molar-refractivity contribution in [1.82, 2.24) is 0 Å². The van der Waals surface area contributed by atoms with Crippen LogP contribution in [0.5, 0.6) is 5.75 Å². The summed E-state index contributed by atoms with van der Waals surface area (Å²) >= 11 is 6.04. The van der Waals surface area contributed by atoms with Crippen LogP contribution in [-0.2, 0) is 19.2 Å². The monoisotopic (exact) mass is 584 g/mol. The van der Waals surface area contributed by atoms with Gasteiger partial charge >= 0.3 is 0 Å². The summed E-state index contributed by atoms with van der Waals surface area (Å²) in [6, 6.07) is 19.1. The molecule has 2 aliphatic heterocycles. The standard InChI is InChI=1S/C33H26ClFN2O5/c1-33-24(30(40)37(32(33)42)19-5-3-2-4-6-19)16-23-21(28(33)17-7-14-26(38)25(35)15-17)12-13-22-27(23)31(41)36(29(22)39)20-10-8-18(34)9-11-20/h2-12,14-15,22-24,27-28,38H,13,16H2,1H3. The molecule has 0 aromatic heterocycles. The number of anilines is 2. The first-order valence-electron chi connectivity index (χ1n) is 13.9. The lowest BCUT2D eigenvalue weighted by atomic mass is 9.51. The second-order valence-corrected chi connectivity index (χ2v) is 12.1. The van der Waals surface area contributed by atoms with E-state index in [0.717, 1.165) is 5.57 Å². The van der Waals surface area contributed by atoms with Crippen molar-refractivity contribution in [3.05, 3.63) is 101 Å². The maximum Gasteiger partial charge on any atom is 0.241 e. The van der Waals surface area contributed by atoms with Crippen LogP contribution in [-0.4, -0.2) is 28.7 Å². The molecule has 3 aromatic rings. The topological polar surface area (TPSA) is 95.0 Å². The highest BCUT2D eigenvalue weighted by Crippen LogP contribution is 2.63. The molecule has 0 radical (unpaired) electrons. The summed E-state index contributed by atoms with van der Waals surface area (Å²) < 4.78 is 14.8. The van der Waals surface area contributed by atoms with Gasteiger partial charge in [0.05, 0.1) is 34.5 Å². The molecule has 3 aromatic carbocycles. The molecular formula is C33H26ClFN2O5. The normalized spacial score (nSPS) is 30.3. The molecule has 1 N–H and O–H groups in total. The van der Waals surface area contributed by atoms with E-state index in [2.05, 4.69) is 0 Å². The Bertz CT molecular complexity index is 1710. The molecule has 4 aliphatic rings. The third-order valence-corrected chi connectivity index (χ3v) is 9.93. The van der Waals surface area contributed by atoms with Gasteiger partial charge in [0.15, 0.2) is 11.6 Å². The first-order valence-corrected chi connectivity index (χ1v) is 14.3. The van der Waals surface area contributed by atoms with Crippen LogP contribution in [0.1, 0.15) is 31.2 Å². The van der Waals surface area contributed by atoms with Gasteiger partial charge in [-0.1, -0.05) is 47.5 Å². The highest BCUT2D eigenvalue weighted by Gasteiger charge is 2.67. The van der Waals surface area contributed by atoms with Gasteiger partial charge in [0.2, 0.25) is 23.6 Å². The number of carbonyl (C=O) groups excluding carboxylic acids is 4. The summed E-state index contributed by atoms with van der Waals surface area (Å²) in [7, 11) is 0. The Balaban J connectivity index is 1.37. The third kappa shape index (κ3) is 3.57. The third-order valence-electron chi connectivity index (χ3n) is 9.68. The van der Waals surface area contributed by atoms with Gasteiger partial charge in [-0.2, -0.15) is 0 Å². The molecule has 2 heterocycles. The Labute approximate surface area is 246 Å². The number of amides is 4. The van der Waals surface area contributed by atoms with Gasteiger partial charge in [-0.05, 0) is 79.8 Å². The molecule has 7 nitrogen and oxygen atoms in total. The Hall–Kier alpha value is -4.30. The van der Waals surface area contributed by atoms with Gasteiger partial charge in [-0.15, -0.1) is 0 Å². The van der Waals surface area contributed by atoms with E-state index in [1.165, 1.54) is 21.9 Å². The Morgan fingerprint density at radius 1 is 0.857 bits per heavy atom. The lowest BCUT2D eigenvalue weighted by Crippen LogP contribution is -2.48. The molecule has 2 aliphatic carbocycles. The van der Waals surface area contributed by atoms with E-state index >= 15 is 0 Å². The van der Waals surface area contributed by atoms with Crippen LogP contribution < -0.4 is 9.80 Å². The van der Waals surface area contributed by atoms with Crippen LogP contribution in [0.15, 0.2) is 84.4 Å². The molecular weight excluding hydrogens is 559 g/mol. The fourth-order valence-electron chi connectivity index (χ4n) is 7.77. The van der Waals surface area contributed by atoms with Crippen LogP contribution in [0, 0.1) is 34.9 Å². The molecule has 0 spiro atoms. The number of carbonyl (C=O) groups is 4. The molecule has 1 saturated carbocycles. The van der Waals surface area contributed by atoms with E-state index in [0.29, 0.717) is 22.0 Å². The van der Waals surface area contributed by atoms with E-state index in [1.807, 2.05) is 6.08 Å². The number of benzene rings is 3. The van der Waals surface area contributed by atoms with Crippen LogP contribution in [0.25, 0.3) is 0 Å². The molecule has 3 fully saturated rings. The number of fused-ring (bicyclic) bond motifs is 4.